The minimum absolute atomic E-state index is 0.646. The number of hydrogen-bond donors (Lipinski definition) is 0. The topological polar surface area (TPSA) is 35.0 Å². The van der Waals surface area contributed by atoms with Crippen LogP contribution in [0.5, 0.6) is 5.75 Å². The first-order valence-corrected chi connectivity index (χ1v) is 9.26. The van der Waals surface area contributed by atoms with Crippen LogP contribution in [-0.2, 0) is 0 Å². The minimum Gasteiger partial charge on any atom is -0.497 e. The van der Waals surface area contributed by atoms with Crippen molar-refractivity contribution in [1.82, 2.24) is 9.97 Å². The number of nitrogens with zero attached hydrogens (tertiary/aromatic N) is 2. The fourth-order valence-electron chi connectivity index (χ4n) is 3.72. The SMILES string of the molecule is CCCCC1CCC(c2cnc(-c3ccc(OC)cc3)nc2)CC1. The Hall–Kier alpha value is -1.90. The Morgan fingerprint density at radius 3 is 2.25 bits per heavy atom. The summed E-state index contributed by atoms with van der Waals surface area (Å²) in [5.41, 5.74) is 2.34. The molecule has 0 atom stereocenters. The van der Waals surface area contributed by atoms with E-state index in [-0.39, 0.29) is 0 Å². The van der Waals surface area contributed by atoms with Crippen molar-refractivity contribution in [3.63, 3.8) is 0 Å². The highest BCUT2D eigenvalue weighted by Crippen LogP contribution is 2.37. The van der Waals surface area contributed by atoms with Crippen molar-refractivity contribution in [3.05, 3.63) is 42.2 Å². The molecule has 3 heteroatoms. The molecule has 1 aromatic heterocycles. The van der Waals surface area contributed by atoms with Crippen molar-refractivity contribution >= 4 is 0 Å². The van der Waals surface area contributed by atoms with Gasteiger partial charge in [-0.2, -0.15) is 0 Å². The molecule has 0 saturated heterocycles. The summed E-state index contributed by atoms with van der Waals surface area (Å²) in [5, 5.41) is 0. The average Bonchev–Trinajstić information content (AvgIpc) is 2.67. The predicted molar refractivity (Wildman–Crippen MR) is 98.2 cm³/mol. The maximum absolute atomic E-state index is 5.20. The van der Waals surface area contributed by atoms with Gasteiger partial charge < -0.3 is 4.74 Å². The van der Waals surface area contributed by atoms with Crippen LogP contribution in [0.2, 0.25) is 0 Å². The average molecular weight is 324 g/mol. The summed E-state index contributed by atoms with van der Waals surface area (Å²) in [4.78, 5) is 9.19. The molecular weight excluding hydrogens is 296 g/mol. The normalized spacial score (nSPS) is 20.8. The number of hydrogen-bond acceptors (Lipinski definition) is 3. The third-order valence-corrected chi connectivity index (χ3v) is 5.30. The summed E-state index contributed by atoms with van der Waals surface area (Å²) in [5.74, 6) is 3.24. The summed E-state index contributed by atoms with van der Waals surface area (Å²) < 4.78 is 5.20. The Kier molecular flexibility index (Phi) is 5.84. The molecule has 0 aliphatic heterocycles. The van der Waals surface area contributed by atoms with Gasteiger partial charge in [0, 0.05) is 18.0 Å². The van der Waals surface area contributed by atoms with Gasteiger partial charge in [-0.25, -0.2) is 9.97 Å². The molecule has 0 bridgehead atoms. The monoisotopic (exact) mass is 324 g/mol. The molecule has 1 aromatic carbocycles. The van der Waals surface area contributed by atoms with Gasteiger partial charge in [0.05, 0.1) is 7.11 Å². The Balaban J connectivity index is 1.60. The molecule has 1 fully saturated rings. The van der Waals surface area contributed by atoms with Crippen molar-refractivity contribution in [1.29, 1.82) is 0 Å². The summed E-state index contributed by atoms with van der Waals surface area (Å²) in [6, 6.07) is 7.91. The summed E-state index contributed by atoms with van der Waals surface area (Å²) >= 11 is 0. The van der Waals surface area contributed by atoms with E-state index in [1.54, 1.807) is 7.11 Å². The molecule has 128 valence electrons. The van der Waals surface area contributed by atoms with E-state index in [9.17, 15) is 0 Å². The molecule has 1 saturated carbocycles. The first-order valence-electron chi connectivity index (χ1n) is 9.26. The molecule has 2 aromatic rings. The number of unbranched alkanes of at least 4 members (excludes halogenated alkanes) is 1. The molecule has 0 spiro atoms. The third-order valence-electron chi connectivity index (χ3n) is 5.30. The second-order valence-electron chi connectivity index (χ2n) is 6.93. The molecule has 1 heterocycles. The molecule has 1 aliphatic carbocycles. The molecule has 1 aliphatic rings. The van der Waals surface area contributed by atoms with Crippen molar-refractivity contribution in [2.24, 2.45) is 5.92 Å². The van der Waals surface area contributed by atoms with Gasteiger partial charge in [0.1, 0.15) is 5.75 Å². The highest BCUT2D eigenvalue weighted by atomic mass is 16.5. The number of rotatable bonds is 6. The lowest BCUT2D eigenvalue weighted by Crippen LogP contribution is -2.13. The smallest absolute Gasteiger partial charge is 0.159 e. The lowest BCUT2D eigenvalue weighted by Gasteiger charge is -2.28. The van der Waals surface area contributed by atoms with Gasteiger partial charge in [0.2, 0.25) is 0 Å². The van der Waals surface area contributed by atoms with E-state index in [1.807, 2.05) is 36.7 Å². The van der Waals surface area contributed by atoms with E-state index in [4.69, 9.17) is 4.74 Å². The van der Waals surface area contributed by atoms with Gasteiger partial charge in [-0.05, 0) is 67.3 Å². The van der Waals surface area contributed by atoms with E-state index in [0.29, 0.717) is 5.92 Å². The van der Waals surface area contributed by atoms with Crippen LogP contribution in [0.15, 0.2) is 36.7 Å². The highest BCUT2D eigenvalue weighted by Gasteiger charge is 2.22. The molecule has 0 amide bonds. The van der Waals surface area contributed by atoms with Crippen LogP contribution in [0, 0.1) is 5.92 Å². The zero-order valence-electron chi connectivity index (χ0n) is 14.9. The Morgan fingerprint density at radius 2 is 1.67 bits per heavy atom. The van der Waals surface area contributed by atoms with Crippen molar-refractivity contribution < 1.29 is 4.74 Å². The summed E-state index contributed by atoms with van der Waals surface area (Å²) in [6.07, 6.45) is 13.5. The lowest BCUT2D eigenvalue weighted by atomic mass is 9.78. The van der Waals surface area contributed by atoms with Gasteiger partial charge in [-0.15, -0.1) is 0 Å². The molecule has 3 rings (SSSR count). The number of benzene rings is 1. The Bertz CT molecular complexity index is 613. The summed E-state index contributed by atoms with van der Waals surface area (Å²) in [7, 11) is 1.68. The Labute approximate surface area is 145 Å². The quantitative estimate of drug-likeness (QED) is 0.692. The van der Waals surface area contributed by atoms with Crippen molar-refractivity contribution in [2.45, 2.75) is 57.8 Å². The Morgan fingerprint density at radius 1 is 1.00 bits per heavy atom. The van der Waals surface area contributed by atoms with E-state index in [0.717, 1.165) is 23.1 Å². The van der Waals surface area contributed by atoms with Gasteiger partial charge in [-0.3, -0.25) is 0 Å². The molecule has 0 radical (unpaired) electrons. The molecule has 24 heavy (non-hydrogen) atoms. The number of methoxy groups -OCH3 is 1. The zero-order chi connectivity index (χ0) is 16.8. The van der Waals surface area contributed by atoms with Crippen LogP contribution in [0.3, 0.4) is 0 Å². The van der Waals surface area contributed by atoms with Crippen LogP contribution < -0.4 is 4.74 Å². The van der Waals surface area contributed by atoms with Crippen LogP contribution in [-0.4, -0.2) is 17.1 Å². The van der Waals surface area contributed by atoms with Crippen LogP contribution in [0.1, 0.15) is 63.4 Å². The van der Waals surface area contributed by atoms with Crippen LogP contribution >= 0.6 is 0 Å². The van der Waals surface area contributed by atoms with Gasteiger partial charge in [0.15, 0.2) is 5.82 Å². The molecular formula is C21H28N2O. The number of ether oxygens (including phenoxy) is 1. The second kappa shape index (κ2) is 8.27. The third kappa shape index (κ3) is 4.14. The number of aromatic nitrogens is 2. The van der Waals surface area contributed by atoms with E-state index >= 15 is 0 Å². The zero-order valence-corrected chi connectivity index (χ0v) is 14.9. The van der Waals surface area contributed by atoms with Gasteiger partial charge in [-0.1, -0.05) is 26.2 Å². The van der Waals surface area contributed by atoms with Crippen LogP contribution in [0.4, 0.5) is 0 Å². The first kappa shape index (κ1) is 16.9. The first-order chi connectivity index (χ1) is 11.8. The molecule has 3 nitrogen and oxygen atoms in total. The van der Waals surface area contributed by atoms with Gasteiger partial charge in [0.25, 0.3) is 0 Å². The highest BCUT2D eigenvalue weighted by molar-refractivity contribution is 5.55. The molecule has 0 N–H and O–H groups in total. The molecule has 0 unspecified atom stereocenters. The standard InChI is InChI=1S/C21H28N2O/c1-3-4-5-16-6-8-17(9-7-16)19-14-22-21(23-15-19)18-10-12-20(24-2)13-11-18/h10-17H,3-9H2,1-2H3. The van der Waals surface area contributed by atoms with E-state index in [2.05, 4.69) is 16.9 Å². The maximum Gasteiger partial charge on any atom is 0.159 e. The maximum atomic E-state index is 5.20. The lowest BCUT2D eigenvalue weighted by molar-refractivity contribution is 0.304. The largest absolute Gasteiger partial charge is 0.497 e. The fraction of sp³-hybridized carbons (Fsp3) is 0.524. The van der Waals surface area contributed by atoms with E-state index in [1.165, 1.54) is 50.5 Å². The van der Waals surface area contributed by atoms with Gasteiger partial charge >= 0.3 is 0 Å². The van der Waals surface area contributed by atoms with Crippen LogP contribution in [0.25, 0.3) is 11.4 Å². The summed E-state index contributed by atoms with van der Waals surface area (Å²) in [6.45, 7) is 2.29. The van der Waals surface area contributed by atoms with Crippen molar-refractivity contribution in [3.8, 4) is 17.1 Å². The predicted octanol–water partition coefficient (Wildman–Crippen LogP) is 5.62. The minimum atomic E-state index is 0.646. The second-order valence-corrected chi connectivity index (χ2v) is 6.93. The fourth-order valence-corrected chi connectivity index (χ4v) is 3.72. The van der Waals surface area contributed by atoms with E-state index < -0.39 is 0 Å². The van der Waals surface area contributed by atoms with Crippen molar-refractivity contribution in [2.75, 3.05) is 7.11 Å².